The van der Waals surface area contributed by atoms with Crippen LogP contribution in [-0.2, 0) is 33.6 Å². The fraction of sp³-hybridized carbons (Fsp3) is 0.222. The summed E-state index contributed by atoms with van der Waals surface area (Å²) in [6, 6.07) is 22.5. The van der Waals surface area contributed by atoms with Gasteiger partial charge in [0.15, 0.2) is 0 Å². The van der Waals surface area contributed by atoms with Gasteiger partial charge in [0.25, 0.3) is 0 Å². The lowest BCUT2D eigenvalue weighted by Gasteiger charge is -2.05. The van der Waals surface area contributed by atoms with E-state index < -0.39 is 36.0 Å². The van der Waals surface area contributed by atoms with E-state index in [-0.39, 0.29) is 12.2 Å². The highest BCUT2D eigenvalue weighted by Crippen LogP contribution is 2.10. The minimum absolute atomic E-state index is 0.160. The van der Waals surface area contributed by atoms with Crippen LogP contribution in [0.3, 0.4) is 0 Å². The maximum absolute atomic E-state index is 10.4. The van der Waals surface area contributed by atoms with E-state index in [9.17, 15) is 14.4 Å². The lowest BCUT2D eigenvalue weighted by atomic mass is 10.1. The standard InChI is InChI=1S/C9H11NO3.2C9H11NO2/c10-8(9(12)13)5-6-1-3-7(11)4-2-6;2*10-8(9(11)12)6-7-4-2-1-3-5-7/h1-4,8,11H,5,10H2,(H,12,13);2*1-5,8H,6,10H2,(H,11,12). The summed E-state index contributed by atoms with van der Waals surface area (Å²) in [5, 5.41) is 34.5. The Morgan fingerprint density at radius 1 is 0.514 bits per heavy atom. The molecule has 0 fully saturated rings. The number of carboxylic acids is 3. The first kappa shape index (κ1) is 30.8. The zero-order chi connectivity index (χ0) is 27.8. The van der Waals surface area contributed by atoms with Crippen molar-refractivity contribution in [2.24, 2.45) is 17.2 Å². The largest absolute Gasteiger partial charge is 0.508 e. The van der Waals surface area contributed by atoms with E-state index in [1.165, 1.54) is 12.1 Å². The van der Waals surface area contributed by atoms with Crippen LogP contribution in [0.1, 0.15) is 16.7 Å². The number of rotatable bonds is 9. The van der Waals surface area contributed by atoms with E-state index in [0.29, 0.717) is 12.8 Å². The first-order valence-electron chi connectivity index (χ1n) is 11.3. The number of hydrogen-bond acceptors (Lipinski definition) is 7. The SMILES string of the molecule is NC(Cc1ccc(O)cc1)C(=O)O.NC(Cc1ccccc1)C(=O)O.NC(Cc1ccccc1)C(=O)O. The van der Waals surface area contributed by atoms with Gasteiger partial charge in [-0.25, -0.2) is 0 Å². The number of aromatic hydroxyl groups is 1. The Hall–Kier alpha value is -4.25. The lowest BCUT2D eigenvalue weighted by Crippen LogP contribution is -2.32. The molecule has 3 rings (SSSR count). The lowest BCUT2D eigenvalue weighted by molar-refractivity contribution is -0.139. The molecule has 0 bridgehead atoms. The van der Waals surface area contributed by atoms with E-state index in [4.69, 9.17) is 37.6 Å². The summed E-state index contributed by atoms with van der Waals surface area (Å²) in [4.78, 5) is 31.2. The monoisotopic (exact) mass is 511 g/mol. The second kappa shape index (κ2) is 16.4. The van der Waals surface area contributed by atoms with Crippen molar-refractivity contribution in [3.63, 3.8) is 0 Å². The van der Waals surface area contributed by atoms with Crippen LogP contribution in [0.2, 0.25) is 0 Å². The van der Waals surface area contributed by atoms with Gasteiger partial charge >= 0.3 is 17.9 Å². The summed E-state index contributed by atoms with van der Waals surface area (Å²) in [6.07, 6.45) is 1.04. The molecule has 198 valence electrons. The maximum Gasteiger partial charge on any atom is 0.320 e. The van der Waals surface area contributed by atoms with Crippen molar-refractivity contribution in [1.29, 1.82) is 0 Å². The molecule has 3 aromatic rings. The minimum atomic E-state index is -1.02. The Bertz CT molecular complexity index is 1040. The average Bonchev–Trinajstić information content (AvgIpc) is 2.87. The molecule has 0 heterocycles. The highest BCUT2D eigenvalue weighted by Gasteiger charge is 2.12. The molecule has 0 saturated heterocycles. The normalized spacial score (nSPS) is 12.4. The Kier molecular flexibility index (Phi) is 13.7. The van der Waals surface area contributed by atoms with Gasteiger partial charge in [-0.05, 0) is 48.1 Å². The van der Waals surface area contributed by atoms with Crippen molar-refractivity contribution in [1.82, 2.24) is 0 Å². The predicted molar refractivity (Wildman–Crippen MR) is 139 cm³/mol. The number of phenols is 1. The molecule has 37 heavy (non-hydrogen) atoms. The molecule has 0 aliphatic carbocycles. The number of benzene rings is 3. The summed E-state index contributed by atoms with van der Waals surface area (Å²) in [7, 11) is 0. The van der Waals surface area contributed by atoms with Crippen LogP contribution < -0.4 is 17.2 Å². The maximum atomic E-state index is 10.4. The molecule has 0 radical (unpaired) electrons. The smallest absolute Gasteiger partial charge is 0.320 e. The fourth-order valence-corrected chi connectivity index (χ4v) is 2.88. The summed E-state index contributed by atoms with van der Waals surface area (Å²) in [5.74, 6) is -2.78. The zero-order valence-corrected chi connectivity index (χ0v) is 20.2. The van der Waals surface area contributed by atoms with Gasteiger partial charge in [-0.15, -0.1) is 0 Å². The number of phenolic OH excluding ortho intramolecular Hbond substituents is 1. The summed E-state index contributed by atoms with van der Waals surface area (Å²) < 4.78 is 0. The van der Waals surface area contributed by atoms with Gasteiger partial charge in [-0.1, -0.05) is 72.8 Å². The van der Waals surface area contributed by atoms with Crippen molar-refractivity contribution >= 4 is 17.9 Å². The van der Waals surface area contributed by atoms with Gasteiger partial charge in [0, 0.05) is 0 Å². The van der Waals surface area contributed by atoms with Crippen molar-refractivity contribution < 1.29 is 34.8 Å². The van der Waals surface area contributed by atoms with Gasteiger partial charge in [0.2, 0.25) is 0 Å². The van der Waals surface area contributed by atoms with Crippen LogP contribution in [0.4, 0.5) is 0 Å². The third-order valence-corrected chi connectivity index (χ3v) is 4.94. The molecular weight excluding hydrogens is 478 g/mol. The second-order valence-corrected chi connectivity index (χ2v) is 8.08. The summed E-state index contributed by atoms with van der Waals surface area (Å²) >= 11 is 0. The summed E-state index contributed by atoms with van der Waals surface area (Å²) in [6.45, 7) is 0. The third kappa shape index (κ3) is 13.4. The third-order valence-electron chi connectivity index (χ3n) is 4.94. The fourth-order valence-electron chi connectivity index (χ4n) is 2.88. The van der Waals surface area contributed by atoms with E-state index >= 15 is 0 Å². The molecule has 3 atom stereocenters. The van der Waals surface area contributed by atoms with Gasteiger partial charge in [0.1, 0.15) is 23.9 Å². The summed E-state index contributed by atoms with van der Waals surface area (Å²) in [5.41, 5.74) is 18.7. The molecule has 3 aromatic carbocycles. The number of nitrogens with two attached hydrogens (primary N) is 3. The number of carboxylic acid groups (broad SMARTS) is 3. The van der Waals surface area contributed by atoms with Crippen molar-refractivity contribution in [3.05, 3.63) is 102 Å². The van der Waals surface area contributed by atoms with Crippen LogP contribution in [-0.4, -0.2) is 56.5 Å². The first-order valence-corrected chi connectivity index (χ1v) is 11.3. The Balaban J connectivity index is 0.000000278. The molecule has 0 aliphatic heterocycles. The number of carbonyl (C=O) groups is 3. The zero-order valence-electron chi connectivity index (χ0n) is 20.2. The highest BCUT2D eigenvalue weighted by molar-refractivity contribution is 5.74. The topological polar surface area (TPSA) is 210 Å². The molecule has 0 saturated carbocycles. The van der Waals surface area contributed by atoms with Gasteiger partial charge < -0.3 is 37.6 Å². The van der Waals surface area contributed by atoms with Crippen molar-refractivity contribution in [2.45, 2.75) is 37.4 Å². The predicted octanol–water partition coefficient (Wildman–Crippen LogP) is 1.63. The van der Waals surface area contributed by atoms with Gasteiger partial charge in [0.05, 0.1) is 0 Å². The van der Waals surface area contributed by atoms with Gasteiger partial charge in [-0.3, -0.25) is 14.4 Å². The van der Waals surface area contributed by atoms with E-state index in [0.717, 1.165) is 16.7 Å². The molecule has 10 N–H and O–H groups in total. The number of hydrogen-bond donors (Lipinski definition) is 7. The Labute approximate surface area is 215 Å². The molecule has 3 unspecified atom stereocenters. The first-order chi connectivity index (χ1) is 17.5. The number of aliphatic carboxylic acids is 3. The van der Waals surface area contributed by atoms with Gasteiger partial charge in [-0.2, -0.15) is 0 Å². The van der Waals surface area contributed by atoms with Crippen molar-refractivity contribution in [2.75, 3.05) is 0 Å². The van der Waals surface area contributed by atoms with Crippen molar-refractivity contribution in [3.8, 4) is 5.75 Å². The van der Waals surface area contributed by atoms with Crippen LogP contribution in [0.5, 0.6) is 5.75 Å². The van der Waals surface area contributed by atoms with Crippen LogP contribution >= 0.6 is 0 Å². The van der Waals surface area contributed by atoms with E-state index in [2.05, 4.69) is 0 Å². The van der Waals surface area contributed by atoms with Crippen LogP contribution in [0.15, 0.2) is 84.9 Å². The molecule has 0 aromatic heterocycles. The quantitative estimate of drug-likeness (QED) is 0.221. The van der Waals surface area contributed by atoms with Crippen LogP contribution in [0.25, 0.3) is 0 Å². The average molecular weight is 512 g/mol. The highest BCUT2D eigenvalue weighted by atomic mass is 16.4. The second-order valence-electron chi connectivity index (χ2n) is 8.08. The molecule has 0 aliphatic rings. The molecule has 0 amide bonds. The van der Waals surface area contributed by atoms with Crippen LogP contribution in [0, 0.1) is 0 Å². The Morgan fingerprint density at radius 3 is 1.05 bits per heavy atom. The van der Waals surface area contributed by atoms with E-state index in [1.807, 2.05) is 60.7 Å². The Morgan fingerprint density at radius 2 is 0.784 bits per heavy atom. The molecular formula is C27H33N3O7. The minimum Gasteiger partial charge on any atom is -0.508 e. The molecule has 10 heteroatoms. The molecule has 10 nitrogen and oxygen atoms in total. The molecule has 0 spiro atoms. The van der Waals surface area contributed by atoms with E-state index in [1.54, 1.807) is 12.1 Å².